The molecular formula is C9H8O5S. The number of sulfone groups is 1. The highest BCUT2D eigenvalue weighted by Gasteiger charge is 2.43. The monoisotopic (exact) mass is 228 g/mol. The lowest BCUT2D eigenvalue weighted by Gasteiger charge is -2.01. The Morgan fingerprint density at radius 3 is 2.60 bits per heavy atom. The van der Waals surface area contributed by atoms with Gasteiger partial charge in [0.1, 0.15) is 5.75 Å². The highest BCUT2D eigenvalue weighted by atomic mass is 32.2. The number of hydrogen-bond acceptors (Lipinski definition) is 4. The van der Waals surface area contributed by atoms with E-state index in [9.17, 15) is 18.3 Å². The van der Waals surface area contributed by atoms with Gasteiger partial charge >= 0.3 is 5.97 Å². The van der Waals surface area contributed by atoms with Gasteiger partial charge < -0.3 is 10.2 Å². The normalized spacial score (nSPS) is 22.3. The summed E-state index contributed by atoms with van der Waals surface area (Å²) in [6.07, 6.45) is -0.167. The van der Waals surface area contributed by atoms with Crippen LogP contribution in [-0.2, 0) is 21.1 Å². The largest absolute Gasteiger partial charge is 0.508 e. The van der Waals surface area contributed by atoms with Gasteiger partial charge in [0.05, 0.1) is 4.90 Å². The number of aromatic hydroxyl groups is 1. The smallest absolute Gasteiger partial charge is 0.322 e. The van der Waals surface area contributed by atoms with Crippen molar-refractivity contribution in [1.29, 1.82) is 0 Å². The molecule has 80 valence electrons. The number of aliphatic carboxylic acids is 1. The van der Waals surface area contributed by atoms with E-state index in [0.29, 0.717) is 0 Å². The molecule has 6 heteroatoms. The molecule has 1 aromatic rings. The molecule has 1 atom stereocenters. The minimum absolute atomic E-state index is 0.0742. The van der Waals surface area contributed by atoms with E-state index in [0.717, 1.165) is 0 Å². The zero-order valence-corrected chi connectivity index (χ0v) is 8.36. The molecule has 0 saturated carbocycles. The summed E-state index contributed by atoms with van der Waals surface area (Å²) in [4.78, 5) is 10.7. The molecule has 5 nitrogen and oxygen atoms in total. The Morgan fingerprint density at radius 1 is 1.40 bits per heavy atom. The molecule has 0 radical (unpaired) electrons. The topological polar surface area (TPSA) is 91.7 Å². The fraction of sp³-hybridized carbons (Fsp3) is 0.222. The number of benzene rings is 1. The Balaban J connectivity index is 2.68. The van der Waals surface area contributed by atoms with Gasteiger partial charge in [0.25, 0.3) is 0 Å². The lowest BCUT2D eigenvalue weighted by atomic mass is 10.1. The summed E-state index contributed by atoms with van der Waals surface area (Å²) in [7, 11) is -3.83. The zero-order valence-electron chi connectivity index (χ0n) is 7.54. The Labute approximate surface area is 85.9 Å². The van der Waals surface area contributed by atoms with Crippen molar-refractivity contribution < 1.29 is 23.4 Å². The molecule has 0 spiro atoms. The van der Waals surface area contributed by atoms with E-state index in [1.165, 1.54) is 18.2 Å². The second kappa shape index (κ2) is 2.96. The average Bonchev–Trinajstić information content (AvgIpc) is 2.40. The second-order valence-corrected chi connectivity index (χ2v) is 5.43. The molecule has 0 saturated heterocycles. The summed E-state index contributed by atoms with van der Waals surface area (Å²) < 4.78 is 23.4. The van der Waals surface area contributed by atoms with E-state index in [-0.39, 0.29) is 22.6 Å². The van der Waals surface area contributed by atoms with Crippen LogP contribution in [0.3, 0.4) is 0 Å². The van der Waals surface area contributed by atoms with Gasteiger partial charge in [0.15, 0.2) is 15.1 Å². The SMILES string of the molecule is O=C(O)C1Cc2c(O)cccc2S1(=O)=O. The molecule has 0 aliphatic carbocycles. The summed E-state index contributed by atoms with van der Waals surface area (Å²) >= 11 is 0. The van der Waals surface area contributed by atoms with Gasteiger partial charge in [-0.25, -0.2) is 8.42 Å². The number of carbonyl (C=O) groups is 1. The summed E-state index contributed by atoms with van der Waals surface area (Å²) in [5, 5.41) is 16.7. The lowest BCUT2D eigenvalue weighted by Crippen LogP contribution is -2.26. The van der Waals surface area contributed by atoms with Crippen LogP contribution >= 0.6 is 0 Å². The van der Waals surface area contributed by atoms with Crippen LogP contribution in [0.5, 0.6) is 5.75 Å². The van der Waals surface area contributed by atoms with Crippen molar-refractivity contribution in [2.75, 3.05) is 0 Å². The second-order valence-electron chi connectivity index (χ2n) is 3.33. The number of hydrogen-bond donors (Lipinski definition) is 2. The minimum atomic E-state index is -3.83. The molecule has 0 fully saturated rings. The van der Waals surface area contributed by atoms with E-state index in [2.05, 4.69) is 0 Å². The Bertz CT molecular complexity index is 531. The van der Waals surface area contributed by atoms with E-state index >= 15 is 0 Å². The van der Waals surface area contributed by atoms with Crippen LogP contribution < -0.4 is 0 Å². The fourth-order valence-corrected chi connectivity index (χ4v) is 3.45. The van der Waals surface area contributed by atoms with Gasteiger partial charge in [-0.1, -0.05) is 6.07 Å². The third-order valence-electron chi connectivity index (χ3n) is 2.45. The van der Waals surface area contributed by atoms with Crippen LogP contribution in [0, 0.1) is 0 Å². The van der Waals surface area contributed by atoms with Crippen LogP contribution in [0.15, 0.2) is 23.1 Å². The number of fused-ring (bicyclic) bond motifs is 1. The van der Waals surface area contributed by atoms with Gasteiger partial charge in [0.2, 0.25) is 0 Å². The average molecular weight is 228 g/mol. The molecule has 2 N–H and O–H groups in total. The van der Waals surface area contributed by atoms with Crippen LogP contribution in [0.2, 0.25) is 0 Å². The standard InChI is InChI=1S/C9H8O5S/c10-6-2-1-3-7-5(6)4-8(9(11)12)15(7,13)14/h1-3,8,10H,4H2,(H,11,12). The van der Waals surface area contributed by atoms with Gasteiger partial charge in [-0.05, 0) is 12.1 Å². The van der Waals surface area contributed by atoms with Crippen LogP contribution in [0.25, 0.3) is 0 Å². The summed E-state index contributed by atoms with van der Waals surface area (Å²) in [5.41, 5.74) is 0.199. The van der Waals surface area contributed by atoms with Crippen molar-refractivity contribution in [3.63, 3.8) is 0 Å². The summed E-state index contributed by atoms with van der Waals surface area (Å²) in [6.45, 7) is 0. The molecule has 1 heterocycles. The third-order valence-corrected chi connectivity index (χ3v) is 4.57. The third kappa shape index (κ3) is 1.29. The highest BCUT2D eigenvalue weighted by molar-refractivity contribution is 7.93. The van der Waals surface area contributed by atoms with E-state index < -0.39 is 21.1 Å². The van der Waals surface area contributed by atoms with Crippen molar-refractivity contribution in [2.45, 2.75) is 16.6 Å². The van der Waals surface area contributed by atoms with Crippen LogP contribution in [-0.4, -0.2) is 29.9 Å². The maximum atomic E-state index is 11.7. The maximum Gasteiger partial charge on any atom is 0.322 e. The molecular weight excluding hydrogens is 220 g/mol. The van der Waals surface area contributed by atoms with Crippen molar-refractivity contribution in [2.24, 2.45) is 0 Å². The van der Waals surface area contributed by atoms with Crippen molar-refractivity contribution in [3.8, 4) is 5.75 Å². The number of phenolic OH excluding ortho intramolecular Hbond substituents is 1. The number of carboxylic acid groups (broad SMARTS) is 1. The lowest BCUT2D eigenvalue weighted by molar-refractivity contribution is -0.136. The van der Waals surface area contributed by atoms with Gasteiger partial charge in [-0.2, -0.15) is 0 Å². The first-order chi connectivity index (χ1) is 6.94. The van der Waals surface area contributed by atoms with Crippen LogP contribution in [0.4, 0.5) is 0 Å². The molecule has 1 aliphatic rings. The first-order valence-corrected chi connectivity index (χ1v) is 5.77. The number of rotatable bonds is 1. The number of carboxylic acids is 1. The summed E-state index contributed by atoms with van der Waals surface area (Å²) in [6, 6.07) is 4.04. The van der Waals surface area contributed by atoms with Gasteiger partial charge in [-0.3, -0.25) is 4.79 Å². The Kier molecular flexibility index (Phi) is 1.97. The molecule has 0 amide bonds. The number of phenols is 1. The predicted molar refractivity (Wildman–Crippen MR) is 50.4 cm³/mol. The quantitative estimate of drug-likeness (QED) is 0.715. The zero-order chi connectivity index (χ0) is 11.2. The van der Waals surface area contributed by atoms with Crippen molar-refractivity contribution in [3.05, 3.63) is 23.8 Å². The minimum Gasteiger partial charge on any atom is -0.508 e. The molecule has 1 aromatic carbocycles. The van der Waals surface area contributed by atoms with E-state index in [1.54, 1.807) is 0 Å². The first-order valence-electron chi connectivity index (χ1n) is 4.22. The first kappa shape index (κ1) is 9.97. The predicted octanol–water partition coefficient (Wildman–Crippen LogP) is 0.175. The van der Waals surface area contributed by atoms with Crippen molar-refractivity contribution >= 4 is 15.8 Å². The highest BCUT2D eigenvalue weighted by Crippen LogP contribution is 2.36. The molecule has 2 rings (SSSR count). The molecule has 15 heavy (non-hydrogen) atoms. The van der Waals surface area contributed by atoms with Gasteiger partial charge in [-0.15, -0.1) is 0 Å². The molecule has 1 unspecified atom stereocenters. The van der Waals surface area contributed by atoms with E-state index in [4.69, 9.17) is 5.11 Å². The van der Waals surface area contributed by atoms with Crippen LogP contribution in [0.1, 0.15) is 5.56 Å². The summed E-state index contributed by atoms with van der Waals surface area (Å²) in [5.74, 6) is -1.55. The van der Waals surface area contributed by atoms with Crippen molar-refractivity contribution in [1.82, 2.24) is 0 Å². The maximum absolute atomic E-state index is 11.7. The fourth-order valence-electron chi connectivity index (χ4n) is 1.69. The molecule has 1 aliphatic heterocycles. The van der Waals surface area contributed by atoms with E-state index in [1.807, 2.05) is 0 Å². The molecule has 0 aromatic heterocycles. The molecule has 0 bridgehead atoms. The van der Waals surface area contributed by atoms with Gasteiger partial charge in [0, 0.05) is 12.0 Å². The Hall–Kier alpha value is -1.56. The Morgan fingerprint density at radius 2 is 2.07 bits per heavy atom.